The molecule has 3 aliphatic rings. The van der Waals surface area contributed by atoms with Crippen molar-refractivity contribution >= 4 is 27.6 Å². The second-order valence-electron chi connectivity index (χ2n) is 10.1. The van der Waals surface area contributed by atoms with Gasteiger partial charge in [0.1, 0.15) is 5.82 Å². The van der Waals surface area contributed by atoms with Gasteiger partial charge in [0.25, 0.3) is 0 Å². The fourth-order valence-electron chi connectivity index (χ4n) is 5.88. The largest absolute Gasteiger partial charge is 0.381 e. The van der Waals surface area contributed by atoms with Gasteiger partial charge in [-0.15, -0.1) is 0 Å². The van der Waals surface area contributed by atoms with Gasteiger partial charge in [-0.05, 0) is 52.4 Å². The molecule has 5 rings (SSSR count). The zero-order valence-electron chi connectivity index (χ0n) is 20.9. The quantitative estimate of drug-likeness (QED) is 0.591. The number of aromatic amines is 1. The summed E-state index contributed by atoms with van der Waals surface area (Å²) in [5.74, 6) is 2.62. The Hall–Kier alpha value is -2.24. The summed E-state index contributed by atoms with van der Waals surface area (Å²) in [6.07, 6.45) is 6.44. The Balaban J connectivity index is 1.42. The molecule has 3 aliphatic heterocycles. The molecule has 0 unspecified atom stereocenters. The lowest BCUT2D eigenvalue weighted by Crippen LogP contribution is -2.58. The highest BCUT2D eigenvalue weighted by atomic mass is 32.2. The number of hydrogen-bond acceptors (Lipinski definition) is 8. The van der Waals surface area contributed by atoms with Crippen LogP contribution >= 0.6 is 0 Å². The number of piperidine rings is 2. The van der Waals surface area contributed by atoms with Crippen LogP contribution in [0.25, 0.3) is 0 Å². The number of nitrogens with one attached hydrogen (secondary N) is 2. The minimum atomic E-state index is -3.20. The van der Waals surface area contributed by atoms with Crippen LogP contribution < -0.4 is 10.2 Å². The molecule has 3 saturated heterocycles. The third-order valence-corrected chi connectivity index (χ3v) is 9.74. The van der Waals surface area contributed by atoms with E-state index < -0.39 is 10.0 Å². The number of rotatable bonds is 7. The lowest BCUT2D eigenvalue weighted by molar-refractivity contribution is 0.0844. The van der Waals surface area contributed by atoms with Gasteiger partial charge < -0.3 is 15.0 Å². The van der Waals surface area contributed by atoms with Crippen molar-refractivity contribution in [1.82, 2.24) is 24.5 Å². The molecule has 2 N–H and O–H groups in total. The van der Waals surface area contributed by atoms with Crippen LogP contribution in [-0.4, -0.2) is 77.0 Å². The molecule has 3 atom stereocenters. The van der Waals surface area contributed by atoms with Crippen LogP contribution in [0.2, 0.25) is 0 Å². The molecule has 2 bridgehead atoms. The Morgan fingerprint density at radius 3 is 2.46 bits per heavy atom. The van der Waals surface area contributed by atoms with Crippen molar-refractivity contribution in [3.05, 3.63) is 23.5 Å². The van der Waals surface area contributed by atoms with Crippen LogP contribution in [0.15, 0.2) is 12.1 Å². The third kappa shape index (κ3) is 5.17. The maximum absolute atomic E-state index is 12.8. The molecule has 10 nitrogen and oxygen atoms in total. The van der Waals surface area contributed by atoms with E-state index in [1.54, 1.807) is 6.92 Å². The normalized spacial score (nSPS) is 26.0. The van der Waals surface area contributed by atoms with Crippen LogP contribution in [0.1, 0.15) is 69.2 Å². The Morgan fingerprint density at radius 2 is 1.83 bits per heavy atom. The zero-order chi connectivity index (χ0) is 24.6. The van der Waals surface area contributed by atoms with Gasteiger partial charge in [-0.3, -0.25) is 5.10 Å². The van der Waals surface area contributed by atoms with Crippen molar-refractivity contribution < 1.29 is 13.2 Å². The Bertz CT molecular complexity index is 1120. The van der Waals surface area contributed by atoms with Crippen LogP contribution in [0.4, 0.5) is 17.6 Å². The number of nitrogens with zero attached hydrogens (tertiary/aromatic N) is 5. The van der Waals surface area contributed by atoms with Crippen molar-refractivity contribution in [1.29, 1.82) is 0 Å². The highest BCUT2D eigenvalue weighted by molar-refractivity contribution is 7.89. The molecule has 192 valence electrons. The first-order chi connectivity index (χ1) is 16.8. The van der Waals surface area contributed by atoms with Gasteiger partial charge in [0.05, 0.1) is 11.4 Å². The lowest BCUT2D eigenvalue weighted by atomic mass is 9.83. The van der Waals surface area contributed by atoms with Gasteiger partial charge in [0.2, 0.25) is 16.0 Å². The second kappa shape index (κ2) is 10.0. The van der Waals surface area contributed by atoms with E-state index in [-0.39, 0.29) is 23.9 Å². The van der Waals surface area contributed by atoms with E-state index >= 15 is 0 Å². The van der Waals surface area contributed by atoms with Crippen LogP contribution in [0.5, 0.6) is 0 Å². The van der Waals surface area contributed by atoms with Gasteiger partial charge in [-0.25, -0.2) is 13.4 Å². The molecule has 0 radical (unpaired) electrons. The Morgan fingerprint density at radius 1 is 1.11 bits per heavy atom. The number of ether oxygens (including phenoxy) is 1. The van der Waals surface area contributed by atoms with Gasteiger partial charge in [-0.2, -0.15) is 14.4 Å². The monoisotopic (exact) mass is 503 g/mol. The van der Waals surface area contributed by atoms with E-state index in [1.807, 2.05) is 23.4 Å². The standard InChI is InChI=1S/C24H37N7O3S/c1-4-35(32,33)31-18-6-5-7-19(31)14-20(13-18)30(3)24-25-21(17-8-10-34-11-9-17)15-22(27-24)26-23-12-16(2)28-29-23/h12,15,17-20H,4-11,13-14H2,1-3H3,(H2,25,26,27,28,29)/t18-,19+,20+. The lowest BCUT2D eigenvalue weighted by Gasteiger charge is -2.49. The Kier molecular flexibility index (Phi) is 7.00. The van der Waals surface area contributed by atoms with Gasteiger partial charge >= 0.3 is 0 Å². The first-order valence-corrected chi connectivity index (χ1v) is 14.4. The molecule has 35 heavy (non-hydrogen) atoms. The first kappa shape index (κ1) is 24.5. The minimum absolute atomic E-state index is 0.0585. The first-order valence-electron chi connectivity index (χ1n) is 12.8. The fourth-order valence-corrected chi connectivity index (χ4v) is 7.47. The number of sulfonamides is 1. The summed E-state index contributed by atoms with van der Waals surface area (Å²) in [5.41, 5.74) is 2.00. The SMILES string of the molecule is CCS(=O)(=O)N1[C@@H]2CCC[C@H]1C[C@@H](N(C)c1nc(Nc3cc(C)[nH]n3)cc(C3CCOCC3)n1)C2. The third-order valence-electron chi connectivity index (χ3n) is 7.77. The van der Waals surface area contributed by atoms with Gasteiger partial charge in [0.15, 0.2) is 5.82 Å². The maximum Gasteiger partial charge on any atom is 0.227 e. The molecular weight excluding hydrogens is 466 g/mol. The van der Waals surface area contributed by atoms with Crippen LogP contribution in [0.3, 0.4) is 0 Å². The highest BCUT2D eigenvalue weighted by Gasteiger charge is 2.45. The van der Waals surface area contributed by atoms with E-state index in [9.17, 15) is 8.42 Å². The summed E-state index contributed by atoms with van der Waals surface area (Å²) in [6, 6.07) is 4.29. The molecule has 3 fully saturated rings. The summed E-state index contributed by atoms with van der Waals surface area (Å²) in [6.45, 7) is 5.20. The summed E-state index contributed by atoms with van der Waals surface area (Å²) in [7, 11) is -1.15. The number of H-pyrrole nitrogens is 1. The van der Waals surface area contributed by atoms with E-state index in [4.69, 9.17) is 14.7 Å². The zero-order valence-corrected chi connectivity index (χ0v) is 21.7. The average Bonchev–Trinajstić information content (AvgIpc) is 3.27. The van der Waals surface area contributed by atoms with Gasteiger partial charge in [-0.1, -0.05) is 6.42 Å². The molecule has 0 amide bonds. The number of hydrogen-bond donors (Lipinski definition) is 2. The van der Waals surface area contributed by atoms with E-state index in [0.717, 1.165) is 81.2 Å². The van der Waals surface area contributed by atoms with Crippen molar-refractivity contribution in [2.24, 2.45) is 0 Å². The molecule has 2 aromatic heterocycles. The van der Waals surface area contributed by atoms with Crippen LogP contribution in [0, 0.1) is 6.92 Å². The minimum Gasteiger partial charge on any atom is -0.381 e. The number of anilines is 3. The predicted octanol–water partition coefficient (Wildman–Crippen LogP) is 3.32. The molecule has 0 spiro atoms. The van der Waals surface area contributed by atoms with Crippen molar-refractivity contribution in [2.75, 3.05) is 36.2 Å². The molecule has 11 heteroatoms. The summed E-state index contributed by atoms with van der Waals surface area (Å²) >= 11 is 0. The molecule has 2 aromatic rings. The summed E-state index contributed by atoms with van der Waals surface area (Å²) < 4.78 is 33.0. The summed E-state index contributed by atoms with van der Waals surface area (Å²) in [5, 5.41) is 10.6. The van der Waals surface area contributed by atoms with Crippen molar-refractivity contribution in [3.63, 3.8) is 0 Å². The van der Waals surface area contributed by atoms with E-state index in [1.165, 1.54) is 0 Å². The maximum atomic E-state index is 12.8. The van der Waals surface area contributed by atoms with E-state index in [0.29, 0.717) is 11.9 Å². The second-order valence-corrected chi connectivity index (χ2v) is 12.3. The number of aromatic nitrogens is 4. The molecular formula is C24H37N7O3S. The Labute approximate surface area is 207 Å². The van der Waals surface area contributed by atoms with E-state index in [2.05, 4.69) is 27.5 Å². The van der Waals surface area contributed by atoms with Crippen molar-refractivity contribution in [3.8, 4) is 0 Å². The topological polar surface area (TPSA) is 116 Å². The average molecular weight is 504 g/mol. The predicted molar refractivity (Wildman–Crippen MR) is 136 cm³/mol. The summed E-state index contributed by atoms with van der Waals surface area (Å²) in [4.78, 5) is 12.1. The molecule has 0 aliphatic carbocycles. The smallest absolute Gasteiger partial charge is 0.227 e. The molecule has 0 saturated carbocycles. The van der Waals surface area contributed by atoms with Gasteiger partial charge in [0, 0.05) is 62.1 Å². The molecule has 5 heterocycles. The fraction of sp³-hybridized carbons (Fsp3) is 0.708. The van der Waals surface area contributed by atoms with Crippen LogP contribution in [-0.2, 0) is 14.8 Å². The molecule has 0 aromatic carbocycles. The number of fused-ring (bicyclic) bond motifs is 2. The van der Waals surface area contributed by atoms with Crippen molar-refractivity contribution in [2.45, 2.75) is 82.8 Å². The number of aryl methyl sites for hydroxylation is 1. The highest BCUT2D eigenvalue weighted by Crippen LogP contribution is 2.39.